The predicted octanol–water partition coefficient (Wildman–Crippen LogP) is 1.77. The molecule has 1 aliphatic heterocycles. The fourth-order valence-electron chi connectivity index (χ4n) is 3.29. The molecule has 0 atom stereocenters. The number of aryl methyl sites for hydroxylation is 1. The van der Waals surface area contributed by atoms with Gasteiger partial charge in [0.05, 0.1) is 11.9 Å². The molecule has 2 rings (SSSR count). The van der Waals surface area contributed by atoms with Crippen LogP contribution in [-0.2, 0) is 11.8 Å². The lowest BCUT2D eigenvalue weighted by molar-refractivity contribution is -0.120. The van der Waals surface area contributed by atoms with Crippen LogP contribution in [0.5, 0.6) is 0 Å². The second-order valence-corrected chi connectivity index (χ2v) is 7.38. The molecule has 2 heterocycles. The third-order valence-corrected chi connectivity index (χ3v) is 4.80. The molecule has 8 nitrogen and oxygen atoms in total. The van der Waals surface area contributed by atoms with E-state index < -0.39 is 0 Å². The topological polar surface area (TPSA) is 69.0 Å². The zero-order chi connectivity index (χ0) is 19.6. The van der Waals surface area contributed by atoms with Crippen molar-refractivity contribution in [2.24, 2.45) is 12.0 Å². The number of carbonyl (C=O) groups is 1. The number of nitrogens with zero attached hydrogens (tertiary/aromatic N) is 6. The van der Waals surface area contributed by atoms with Crippen LogP contribution in [0.4, 0.5) is 5.69 Å². The molecule has 1 aliphatic rings. The average molecular weight is 505 g/mol. The van der Waals surface area contributed by atoms with Gasteiger partial charge < -0.3 is 20.0 Å². The summed E-state index contributed by atoms with van der Waals surface area (Å²) in [4.78, 5) is 22.9. The third kappa shape index (κ3) is 7.94. The summed E-state index contributed by atoms with van der Waals surface area (Å²) in [6.45, 7) is 3.84. The first-order valence-corrected chi connectivity index (χ1v) is 9.90. The van der Waals surface area contributed by atoms with Crippen LogP contribution in [0.3, 0.4) is 0 Å². The van der Waals surface area contributed by atoms with Gasteiger partial charge in [-0.1, -0.05) is 19.3 Å². The third-order valence-electron chi connectivity index (χ3n) is 4.80. The van der Waals surface area contributed by atoms with Crippen molar-refractivity contribution in [3.8, 4) is 0 Å². The monoisotopic (exact) mass is 505 g/mol. The highest BCUT2D eigenvalue weighted by atomic mass is 127. The van der Waals surface area contributed by atoms with Gasteiger partial charge in [0.15, 0.2) is 5.96 Å². The second kappa shape index (κ2) is 13.0. The molecule has 9 heteroatoms. The first-order valence-electron chi connectivity index (χ1n) is 9.90. The smallest absolute Gasteiger partial charge is 0.246 e. The molecule has 0 aliphatic carbocycles. The molecule has 0 unspecified atom stereocenters. The Morgan fingerprint density at radius 2 is 1.93 bits per heavy atom. The molecule has 0 bridgehead atoms. The Balaban J connectivity index is 0.00000392. The zero-order valence-corrected chi connectivity index (χ0v) is 20.1. The largest absolute Gasteiger partial charge is 0.356 e. The van der Waals surface area contributed by atoms with Gasteiger partial charge in [0.25, 0.3) is 0 Å². The lowest BCUT2D eigenvalue weighted by Gasteiger charge is -2.35. The number of hydrogen-bond donors (Lipinski definition) is 1. The number of guanidine groups is 1. The van der Waals surface area contributed by atoms with Gasteiger partial charge in [-0.05, 0) is 33.5 Å². The maximum atomic E-state index is 12.5. The molecule has 160 valence electrons. The number of carbonyl (C=O) groups excluding carboxylic acids is 1. The van der Waals surface area contributed by atoms with Crippen LogP contribution in [0.15, 0.2) is 17.4 Å². The molecule has 1 amide bonds. The summed E-state index contributed by atoms with van der Waals surface area (Å²) >= 11 is 0. The van der Waals surface area contributed by atoms with Gasteiger partial charge in [-0.15, -0.1) is 24.0 Å². The summed E-state index contributed by atoms with van der Waals surface area (Å²) in [7, 11) is 7.88. The molecular weight excluding hydrogens is 469 g/mol. The predicted molar refractivity (Wildman–Crippen MR) is 126 cm³/mol. The van der Waals surface area contributed by atoms with Crippen molar-refractivity contribution in [3.63, 3.8) is 0 Å². The Labute approximate surface area is 186 Å². The Morgan fingerprint density at radius 3 is 2.54 bits per heavy atom. The van der Waals surface area contributed by atoms with E-state index in [4.69, 9.17) is 0 Å². The maximum Gasteiger partial charge on any atom is 0.246 e. The number of halogens is 1. The number of unbranched alkanes of at least 4 members (excludes halogenated alkanes) is 4. The lowest BCUT2D eigenvalue weighted by atomic mass is 10.1. The van der Waals surface area contributed by atoms with Crippen molar-refractivity contribution in [1.29, 1.82) is 0 Å². The van der Waals surface area contributed by atoms with Crippen LogP contribution in [0.1, 0.15) is 32.1 Å². The van der Waals surface area contributed by atoms with E-state index in [0.29, 0.717) is 13.1 Å². The van der Waals surface area contributed by atoms with E-state index in [9.17, 15) is 4.79 Å². The Kier molecular flexibility index (Phi) is 11.4. The van der Waals surface area contributed by atoms with E-state index >= 15 is 0 Å². The van der Waals surface area contributed by atoms with E-state index in [0.717, 1.165) is 31.2 Å². The number of aromatic nitrogens is 2. The highest BCUT2D eigenvalue weighted by Gasteiger charge is 2.27. The van der Waals surface area contributed by atoms with E-state index in [1.807, 2.05) is 18.1 Å². The van der Waals surface area contributed by atoms with Gasteiger partial charge in [0.1, 0.15) is 6.54 Å². The zero-order valence-electron chi connectivity index (χ0n) is 17.7. The van der Waals surface area contributed by atoms with E-state index in [1.54, 1.807) is 22.8 Å². The summed E-state index contributed by atoms with van der Waals surface area (Å²) in [5, 5.41) is 7.56. The van der Waals surface area contributed by atoms with Crippen LogP contribution in [-0.4, -0.2) is 85.3 Å². The van der Waals surface area contributed by atoms with Gasteiger partial charge in [-0.25, -0.2) is 0 Å². The normalized spacial score (nSPS) is 15.2. The van der Waals surface area contributed by atoms with Crippen molar-refractivity contribution in [1.82, 2.24) is 24.9 Å². The van der Waals surface area contributed by atoms with Gasteiger partial charge in [-0.2, -0.15) is 5.10 Å². The number of rotatable bonds is 9. The van der Waals surface area contributed by atoms with Crippen LogP contribution >= 0.6 is 24.0 Å². The number of hydrogen-bond acceptors (Lipinski definition) is 4. The van der Waals surface area contributed by atoms with Crippen LogP contribution in [0.25, 0.3) is 0 Å². The molecule has 1 N–H and O–H groups in total. The fourth-order valence-corrected chi connectivity index (χ4v) is 3.29. The first-order chi connectivity index (χ1) is 13.0. The van der Waals surface area contributed by atoms with Gasteiger partial charge in [-0.3, -0.25) is 14.5 Å². The Hall–Kier alpha value is -1.36. The molecular formula is C19H36IN7O. The number of piperazine rings is 1. The first kappa shape index (κ1) is 24.7. The van der Waals surface area contributed by atoms with E-state index in [1.165, 1.54) is 32.2 Å². The van der Waals surface area contributed by atoms with E-state index in [2.05, 4.69) is 34.4 Å². The summed E-state index contributed by atoms with van der Waals surface area (Å²) in [6.07, 6.45) is 9.80. The molecule has 0 saturated carbocycles. The van der Waals surface area contributed by atoms with Crippen molar-refractivity contribution >= 4 is 41.5 Å². The molecule has 0 radical (unpaired) electrons. The molecule has 1 aromatic rings. The molecule has 0 spiro atoms. The minimum absolute atomic E-state index is 0. The maximum absolute atomic E-state index is 12.5. The highest BCUT2D eigenvalue weighted by molar-refractivity contribution is 14.0. The molecule has 1 saturated heterocycles. The van der Waals surface area contributed by atoms with Crippen molar-refractivity contribution in [3.05, 3.63) is 12.4 Å². The van der Waals surface area contributed by atoms with Gasteiger partial charge >= 0.3 is 0 Å². The molecule has 0 aromatic carbocycles. The number of nitrogens with one attached hydrogen (secondary N) is 1. The lowest BCUT2D eigenvalue weighted by Crippen LogP contribution is -2.55. The minimum atomic E-state index is 0. The van der Waals surface area contributed by atoms with Crippen LogP contribution in [0, 0.1) is 0 Å². The van der Waals surface area contributed by atoms with E-state index in [-0.39, 0.29) is 29.9 Å². The standard InChI is InChI=1S/C19H35N7O.HI/c1-20-19(21-10-8-6-5-7-9-11-23(2)3)25-12-13-26(18(27)16-25)17-14-22-24(4)15-17;/h14-15H,5-13,16H2,1-4H3,(H,20,21);1H. The Bertz CT molecular complexity index is 617. The van der Waals surface area contributed by atoms with Gasteiger partial charge in [0.2, 0.25) is 5.91 Å². The summed E-state index contributed by atoms with van der Waals surface area (Å²) in [6, 6.07) is 0. The molecule has 1 fully saturated rings. The summed E-state index contributed by atoms with van der Waals surface area (Å²) < 4.78 is 1.72. The van der Waals surface area contributed by atoms with Crippen molar-refractivity contribution in [2.75, 3.05) is 58.8 Å². The fraction of sp³-hybridized carbons (Fsp3) is 0.737. The van der Waals surface area contributed by atoms with Crippen molar-refractivity contribution in [2.45, 2.75) is 32.1 Å². The van der Waals surface area contributed by atoms with Gasteiger partial charge in [0, 0.05) is 39.9 Å². The quantitative estimate of drug-likeness (QED) is 0.240. The number of anilines is 1. The van der Waals surface area contributed by atoms with Crippen molar-refractivity contribution < 1.29 is 4.79 Å². The Morgan fingerprint density at radius 1 is 1.21 bits per heavy atom. The van der Waals surface area contributed by atoms with Crippen LogP contribution < -0.4 is 10.2 Å². The summed E-state index contributed by atoms with van der Waals surface area (Å²) in [5.41, 5.74) is 0.861. The molecule has 1 aromatic heterocycles. The minimum Gasteiger partial charge on any atom is -0.356 e. The second-order valence-electron chi connectivity index (χ2n) is 7.38. The number of amides is 1. The van der Waals surface area contributed by atoms with Crippen LogP contribution in [0.2, 0.25) is 0 Å². The SMILES string of the molecule is CN=C(NCCCCCCCN(C)C)N1CCN(c2cnn(C)c2)C(=O)C1.I. The molecule has 28 heavy (non-hydrogen) atoms. The number of aliphatic imine (C=N–C) groups is 1. The summed E-state index contributed by atoms with van der Waals surface area (Å²) in [5.74, 6) is 0.903. The average Bonchev–Trinajstić information content (AvgIpc) is 3.06. The highest BCUT2D eigenvalue weighted by Crippen LogP contribution is 2.16.